The second kappa shape index (κ2) is 8.23. The third-order valence-corrected chi connectivity index (χ3v) is 4.35. The molecule has 1 aliphatic carbocycles. The second-order valence-corrected chi connectivity index (χ2v) is 6.37. The molecule has 2 atom stereocenters. The van der Waals surface area contributed by atoms with Gasteiger partial charge in [-0.15, -0.1) is 12.4 Å². The van der Waals surface area contributed by atoms with Crippen LogP contribution in [0.25, 0.3) is 0 Å². The molecule has 1 aliphatic rings. The molecule has 0 aromatic heterocycles. The van der Waals surface area contributed by atoms with Crippen LogP contribution < -0.4 is 11.1 Å². The monoisotopic (exact) mass is 350 g/mol. The van der Waals surface area contributed by atoms with Gasteiger partial charge in [0.15, 0.2) is 0 Å². The zero-order chi connectivity index (χ0) is 14.7. The van der Waals surface area contributed by atoms with Gasteiger partial charge in [-0.05, 0) is 42.9 Å². The Labute approximate surface area is 142 Å². The van der Waals surface area contributed by atoms with Gasteiger partial charge in [-0.3, -0.25) is 4.79 Å². The van der Waals surface area contributed by atoms with Crippen molar-refractivity contribution in [3.8, 4) is 0 Å². The normalized spacial score (nSPS) is 16.8. The van der Waals surface area contributed by atoms with Crippen LogP contribution in [0.3, 0.4) is 0 Å². The van der Waals surface area contributed by atoms with Crippen molar-refractivity contribution < 1.29 is 4.79 Å². The molecule has 0 bridgehead atoms. The maximum Gasteiger partial charge on any atom is 0.223 e. The summed E-state index contributed by atoms with van der Waals surface area (Å²) >= 11 is 12.0. The topological polar surface area (TPSA) is 55.1 Å². The summed E-state index contributed by atoms with van der Waals surface area (Å²) in [6.07, 6.45) is 2.93. The van der Waals surface area contributed by atoms with E-state index in [2.05, 4.69) is 5.32 Å². The first-order valence-electron chi connectivity index (χ1n) is 6.95. The predicted octanol–water partition coefficient (Wildman–Crippen LogP) is 3.45. The molecular formula is C15H21Cl3N2O. The Morgan fingerprint density at radius 1 is 1.43 bits per heavy atom. The first-order chi connectivity index (χ1) is 9.51. The number of benzene rings is 1. The summed E-state index contributed by atoms with van der Waals surface area (Å²) in [6.45, 7) is 2.41. The lowest BCUT2D eigenvalue weighted by Crippen LogP contribution is -2.44. The molecule has 3 N–H and O–H groups in total. The van der Waals surface area contributed by atoms with Crippen LogP contribution in [0.4, 0.5) is 0 Å². The van der Waals surface area contributed by atoms with Gasteiger partial charge in [-0.1, -0.05) is 36.2 Å². The molecule has 0 saturated heterocycles. The number of nitrogens with one attached hydrogen (secondary N) is 1. The van der Waals surface area contributed by atoms with Crippen LogP contribution in [-0.2, 0) is 11.2 Å². The minimum Gasteiger partial charge on any atom is -0.352 e. The molecule has 1 fully saturated rings. The molecule has 1 aromatic carbocycles. The minimum atomic E-state index is -0.138. The van der Waals surface area contributed by atoms with Crippen LogP contribution in [0, 0.1) is 11.8 Å². The number of halogens is 3. The number of hydrogen-bond acceptors (Lipinski definition) is 2. The summed E-state index contributed by atoms with van der Waals surface area (Å²) in [5, 5.41) is 4.26. The summed E-state index contributed by atoms with van der Waals surface area (Å²) < 4.78 is 0. The van der Waals surface area contributed by atoms with Crippen molar-refractivity contribution in [3.05, 3.63) is 33.8 Å². The van der Waals surface area contributed by atoms with E-state index in [1.807, 2.05) is 13.0 Å². The number of hydrogen-bond donors (Lipinski definition) is 2. The molecular weight excluding hydrogens is 331 g/mol. The van der Waals surface area contributed by atoms with Crippen LogP contribution in [-0.4, -0.2) is 18.5 Å². The fourth-order valence-corrected chi connectivity index (χ4v) is 2.79. The van der Waals surface area contributed by atoms with Crippen LogP contribution >= 0.6 is 35.6 Å². The quantitative estimate of drug-likeness (QED) is 0.825. The maximum atomic E-state index is 12.2. The zero-order valence-electron chi connectivity index (χ0n) is 11.9. The van der Waals surface area contributed by atoms with Crippen molar-refractivity contribution in [1.82, 2.24) is 5.32 Å². The second-order valence-electron chi connectivity index (χ2n) is 5.53. The number of carbonyl (C=O) groups excluding carboxylic acids is 1. The van der Waals surface area contributed by atoms with E-state index in [-0.39, 0.29) is 30.3 Å². The lowest BCUT2D eigenvalue weighted by atomic mass is 9.99. The SMILES string of the molecule is CC(Cc1ccc(Cl)cc1Cl)C(=O)NC(CN)C1CC1.Cl. The predicted molar refractivity (Wildman–Crippen MR) is 90.3 cm³/mol. The van der Waals surface area contributed by atoms with E-state index in [0.717, 1.165) is 5.56 Å². The Hall–Kier alpha value is -0.480. The van der Waals surface area contributed by atoms with Gasteiger partial charge in [0.05, 0.1) is 0 Å². The summed E-state index contributed by atoms with van der Waals surface area (Å²) in [4.78, 5) is 12.2. The first-order valence-corrected chi connectivity index (χ1v) is 7.71. The summed E-state index contributed by atoms with van der Waals surface area (Å²) in [6, 6.07) is 5.48. The molecule has 1 amide bonds. The fourth-order valence-electron chi connectivity index (χ4n) is 2.30. The van der Waals surface area contributed by atoms with Crippen molar-refractivity contribution in [1.29, 1.82) is 0 Å². The van der Waals surface area contributed by atoms with Crippen molar-refractivity contribution >= 4 is 41.5 Å². The highest BCUT2D eigenvalue weighted by atomic mass is 35.5. The molecule has 3 nitrogen and oxygen atoms in total. The standard InChI is InChI=1S/C15H20Cl2N2O.ClH/c1-9(6-11-4-5-12(16)7-13(11)17)15(20)19-14(8-18)10-2-3-10;/h4-5,7,9-10,14H,2-3,6,8,18H2,1H3,(H,19,20);1H. The van der Waals surface area contributed by atoms with E-state index < -0.39 is 0 Å². The average Bonchev–Trinajstić information content (AvgIpc) is 3.23. The molecule has 6 heteroatoms. The van der Waals surface area contributed by atoms with Gasteiger partial charge in [0.2, 0.25) is 5.91 Å². The summed E-state index contributed by atoms with van der Waals surface area (Å²) in [7, 11) is 0. The van der Waals surface area contributed by atoms with E-state index >= 15 is 0 Å². The first kappa shape index (κ1) is 18.6. The smallest absolute Gasteiger partial charge is 0.223 e. The van der Waals surface area contributed by atoms with Gasteiger partial charge in [-0.25, -0.2) is 0 Å². The number of nitrogens with two attached hydrogens (primary N) is 1. The van der Waals surface area contributed by atoms with Crippen LogP contribution in [0.5, 0.6) is 0 Å². The van der Waals surface area contributed by atoms with Gasteiger partial charge in [0, 0.05) is 28.5 Å². The fraction of sp³-hybridized carbons (Fsp3) is 0.533. The van der Waals surface area contributed by atoms with E-state index in [1.165, 1.54) is 12.8 Å². The molecule has 2 rings (SSSR count). The molecule has 118 valence electrons. The van der Waals surface area contributed by atoms with Crippen molar-refractivity contribution in [2.24, 2.45) is 17.6 Å². The average molecular weight is 352 g/mol. The van der Waals surface area contributed by atoms with Gasteiger partial charge in [-0.2, -0.15) is 0 Å². The molecule has 2 unspecified atom stereocenters. The lowest BCUT2D eigenvalue weighted by Gasteiger charge is -2.19. The zero-order valence-corrected chi connectivity index (χ0v) is 14.3. The van der Waals surface area contributed by atoms with E-state index in [4.69, 9.17) is 28.9 Å². The number of carbonyl (C=O) groups is 1. The number of amides is 1. The molecule has 0 aliphatic heterocycles. The van der Waals surface area contributed by atoms with Crippen molar-refractivity contribution in [2.45, 2.75) is 32.2 Å². The van der Waals surface area contributed by atoms with E-state index in [0.29, 0.717) is 28.9 Å². The van der Waals surface area contributed by atoms with Crippen LogP contribution in [0.15, 0.2) is 18.2 Å². The minimum absolute atomic E-state index is 0. The highest BCUT2D eigenvalue weighted by molar-refractivity contribution is 6.35. The van der Waals surface area contributed by atoms with Crippen molar-refractivity contribution in [2.75, 3.05) is 6.54 Å². The largest absolute Gasteiger partial charge is 0.352 e. The third-order valence-electron chi connectivity index (χ3n) is 3.76. The van der Waals surface area contributed by atoms with E-state index in [1.54, 1.807) is 12.1 Å². The van der Waals surface area contributed by atoms with Crippen LogP contribution in [0.1, 0.15) is 25.3 Å². The van der Waals surface area contributed by atoms with Crippen molar-refractivity contribution in [3.63, 3.8) is 0 Å². The lowest BCUT2D eigenvalue weighted by molar-refractivity contribution is -0.125. The Morgan fingerprint density at radius 3 is 2.62 bits per heavy atom. The van der Waals surface area contributed by atoms with Gasteiger partial charge in [0.25, 0.3) is 0 Å². The van der Waals surface area contributed by atoms with Crippen LogP contribution in [0.2, 0.25) is 10.0 Å². The summed E-state index contributed by atoms with van der Waals surface area (Å²) in [5.41, 5.74) is 6.64. The van der Waals surface area contributed by atoms with Gasteiger partial charge < -0.3 is 11.1 Å². The van der Waals surface area contributed by atoms with E-state index in [9.17, 15) is 4.79 Å². The Bertz CT molecular complexity index is 492. The maximum absolute atomic E-state index is 12.2. The Kier molecular flexibility index (Phi) is 7.28. The molecule has 0 radical (unpaired) electrons. The molecule has 0 heterocycles. The Balaban J connectivity index is 0.00000220. The third kappa shape index (κ3) is 5.33. The van der Waals surface area contributed by atoms with Gasteiger partial charge >= 0.3 is 0 Å². The van der Waals surface area contributed by atoms with Gasteiger partial charge in [0.1, 0.15) is 0 Å². The molecule has 21 heavy (non-hydrogen) atoms. The summed E-state index contributed by atoms with van der Waals surface area (Å²) in [5.74, 6) is 0.468. The Morgan fingerprint density at radius 2 is 2.10 bits per heavy atom. The molecule has 0 spiro atoms. The molecule has 1 saturated carbocycles. The molecule has 1 aromatic rings. The highest BCUT2D eigenvalue weighted by Crippen LogP contribution is 2.32. The number of rotatable bonds is 6. The highest BCUT2D eigenvalue weighted by Gasteiger charge is 2.32.